The van der Waals surface area contributed by atoms with Crippen LogP contribution in [-0.4, -0.2) is 62.9 Å². The zero-order chi connectivity index (χ0) is 34.8. The molecule has 2 aromatic rings. The Kier molecular flexibility index (Phi) is 17.4. The van der Waals surface area contributed by atoms with E-state index in [2.05, 4.69) is 39.8 Å². The number of quaternary nitrogens is 2. The number of piperazine rings is 1. The molecule has 0 bridgehead atoms. The van der Waals surface area contributed by atoms with Gasteiger partial charge in [-0.3, -0.25) is 0 Å². The predicted octanol–water partition coefficient (Wildman–Crippen LogP) is 9.65. The van der Waals surface area contributed by atoms with Gasteiger partial charge in [-0.2, -0.15) is 0 Å². The molecule has 1 aliphatic heterocycles. The van der Waals surface area contributed by atoms with Crippen LogP contribution in [0.5, 0.6) is 23.0 Å². The molecular formula is C40H66N2O6. The molecule has 8 nitrogen and oxygen atoms in total. The largest absolute Gasteiger partial charge is 0.632 e. The van der Waals surface area contributed by atoms with Gasteiger partial charge in [-0.25, -0.2) is 0 Å². The molecule has 3 rings (SSSR count). The van der Waals surface area contributed by atoms with E-state index in [0.29, 0.717) is 36.2 Å². The lowest BCUT2D eigenvalue weighted by Gasteiger charge is -2.54. The first-order valence-electron chi connectivity index (χ1n) is 19.0. The molecule has 1 fully saturated rings. The molecule has 0 aliphatic carbocycles. The minimum absolute atomic E-state index is 0.248. The fraction of sp³-hybridized carbons (Fsp3) is 0.700. The van der Waals surface area contributed by atoms with Crippen molar-refractivity contribution in [3.8, 4) is 23.0 Å². The normalized spacial score (nSPS) is 19.3. The summed E-state index contributed by atoms with van der Waals surface area (Å²) in [7, 11) is 3.33. The second-order valence-corrected chi connectivity index (χ2v) is 13.8. The SMILES string of the molecule is CCCCCCCCOc1c(C[N+]2([O-])CC[N+]([O-])(Cc3cc(CC)cc(OC)c3OCCCCCCCC)CC2)cc(CC)cc1OC. The Morgan fingerprint density at radius 2 is 0.875 bits per heavy atom. The van der Waals surface area contributed by atoms with Gasteiger partial charge in [-0.15, -0.1) is 0 Å². The number of unbranched alkanes of at least 4 members (excludes halogenated alkanes) is 10. The molecule has 0 N–H and O–H groups in total. The lowest BCUT2D eigenvalue weighted by Crippen LogP contribution is -2.61. The Morgan fingerprint density at radius 1 is 0.521 bits per heavy atom. The third-order valence-electron chi connectivity index (χ3n) is 9.88. The molecule has 0 amide bonds. The summed E-state index contributed by atoms with van der Waals surface area (Å²) < 4.78 is 23.3. The van der Waals surface area contributed by atoms with Crippen LogP contribution in [-0.2, 0) is 25.9 Å². The van der Waals surface area contributed by atoms with Crippen LogP contribution < -0.4 is 18.9 Å². The van der Waals surface area contributed by atoms with Crippen molar-refractivity contribution >= 4 is 0 Å². The highest BCUT2D eigenvalue weighted by molar-refractivity contribution is 5.50. The Hall–Kier alpha value is -2.52. The van der Waals surface area contributed by atoms with Crippen LogP contribution in [0.1, 0.15) is 127 Å². The predicted molar refractivity (Wildman–Crippen MR) is 197 cm³/mol. The third-order valence-corrected chi connectivity index (χ3v) is 9.88. The molecule has 1 heterocycles. The van der Waals surface area contributed by atoms with Crippen LogP contribution in [0.15, 0.2) is 24.3 Å². The van der Waals surface area contributed by atoms with E-state index in [-0.39, 0.29) is 39.3 Å². The molecule has 0 saturated carbocycles. The van der Waals surface area contributed by atoms with E-state index in [0.717, 1.165) is 60.8 Å². The van der Waals surface area contributed by atoms with Gasteiger partial charge in [-0.1, -0.05) is 91.9 Å². The van der Waals surface area contributed by atoms with E-state index >= 15 is 0 Å². The van der Waals surface area contributed by atoms with Crippen molar-refractivity contribution in [2.45, 2.75) is 131 Å². The zero-order valence-electron chi connectivity index (χ0n) is 31.2. The quantitative estimate of drug-likeness (QED) is 0.0628. The number of nitrogens with zero attached hydrogens (tertiary/aromatic N) is 2. The average molecular weight is 671 g/mol. The van der Waals surface area contributed by atoms with Gasteiger partial charge in [0.25, 0.3) is 0 Å². The summed E-state index contributed by atoms with van der Waals surface area (Å²) in [5.41, 5.74) is 3.99. The van der Waals surface area contributed by atoms with E-state index in [1.165, 1.54) is 51.4 Å². The first-order chi connectivity index (χ1) is 23.2. The Balaban J connectivity index is 1.70. The Morgan fingerprint density at radius 3 is 1.21 bits per heavy atom. The molecule has 2 aromatic carbocycles. The summed E-state index contributed by atoms with van der Waals surface area (Å²) in [5.74, 6) is 2.73. The number of ether oxygens (including phenoxy) is 4. The van der Waals surface area contributed by atoms with E-state index in [9.17, 15) is 10.4 Å². The summed E-state index contributed by atoms with van der Waals surface area (Å²) in [6.07, 6.45) is 15.9. The van der Waals surface area contributed by atoms with E-state index in [1.807, 2.05) is 12.1 Å². The number of hydroxylamine groups is 6. The van der Waals surface area contributed by atoms with Crippen LogP contribution in [0.3, 0.4) is 0 Å². The summed E-state index contributed by atoms with van der Waals surface area (Å²) >= 11 is 0. The van der Waals surface area contributed by atoms with Crippen molar-refractivity contribution in [1.29, 1.82) is 0 Å². The number of hydrogen-bond acceptors (Lipinski definition) is 6. The van der Waals surface area contributed by atoms with E-state index in [1.54, 1.807) is 14.2 Å². The lowest BCUT2D eigenvalue weighted by molar-refractivity contribution is -1.00. The molecule has 272 valence electrons. The smallest absolute Gasteiger partial charge is 0.169 e. The first kappa shape index (κ1) is 39.9. The highest BCUT2D eigenvalue weighted by atomic mass is 16.6. The molecule has 48 heavy (non-hydrogen) atoms. The maximum atomic E-state index is 14.2. The maximum absolute atomic E-state index is 14.2. The molecule has 0 unspecified atom stereocenters. The molecule has 1 saturated heterocycles. The number of aryl methyl sites for hydroxylation is 2. The van der Waals surface area contributed by atoms with Crippen LogP contribution in [0.2, 0.25) is 0 Å². The highest BCUT2D eigenvalue weighted by Crippen LogP contribution is 2.38. The van der Waals surface area contributed by atoms with Gasteiger partial charge in [0.05, 0.1) is 38.6 Å². The monoisotopic (exact) mass is 670 g/mol. The van der Waals surface area contributed by atoms with Crippen LogP contribution in [0, 0.1) is 10.4 Å². The van der Waals surface area contributed by atoms with Gasteiger partial charge in [0.15, 0.2) is 23.0 Å². The van der Waals surface area contributed by atoms with Gasteiger partial charge in [-0.05, 0) is 61.1 Å². The Bertz CT molecular complexity index is 1120. The minimum Gasteiger partial charge on any atom is -0.632 e. The van der Waals surface area contributed by atoms with Crippen LogP contribution >= 0.6 is 0 Å². The molecule has 1 aliphatic rings. The van der Waals surface area contributed by atoms with E-state index < -0.39 is 9.29 Å². The van der Waals surface area contributed by atoms with Crippen LogP contribution in [0.4, 0.5) is 0 Å². The van der Waals surface area contributed by atoms with Crippen molar-refractivity contribution in [3.63, 3.8) is 0 Å². The van der Waals surface area contributed by atoms with Gasteiger partial charge >= 0.3 is 0 Å². The molecular weight excluding hydrogens is 604 g/mol. The molecule has 0 aromatic heterocycles. The fourth-order valence-corrected chi connectivity index (χ4v) is 6.72. The second-order valence-electron chi connectivity index (χ2n) is 13.8. The molecule has 8 heteroatoms. The lowest BCUT2D eigenvalue weighted by atomic mass is 10.0. The number of rotatable bonds is 24. The highest BCUT2D eigenvalue weighted by Gasteiger charge is 2.35. The van der Waals surface area contributed by atoms with Crippen molar-refractivity contribution in [1.82, 2.24) is 0 Å². The second kappa shape index (κ2) is 20.9. The van der Waals surface area contributed by atoms with Crippen molar-refractivity contribution in [2.75, 3.05) is 53.6 Å². The number of benzene rings is 2. The summed E-state index contributed by atoms with van der Waals surface area (Å²) in [6, 6.07) is 8.24. The maximum Gasteiger partial charge on any atom is 0.169 e. The van der Waals surface area contributed by atoms with E-state index in [4.69, 9.17) is 18.9 Å². The topological polar surface area (TPSA) is 83.0 Å². The standard InChI is InChI=1S/C40H66N2O6/c1-7-11-13-15-17-19-25-47-39-35(27-33(9-3)29-37(39)45-5)31-41(43)21-23-42(44,24-22-41)32-36-28-34(10-4)30-38(46-6)40(36)48-26-20-18-16-14-12-8-2/h27-30H,7-26,31-32H2,1-6H3. The van der Waals surface area contributed by atoms with Gasteiger partial charge in [0.1, 0.15) is 39.3 Å². The van der Waals surface area contributed by atoms with Gasteiger partial charge < -0.3 is 38.7 Å². The fourth-order valence-electron chi connectivity index (χ4n) is 6.72. The Labute approximate surface area is 292 Å². The molecule has 0 spiro atoms. The first-order valence-corrected chi connectivity index (χ1v) is 19.0. The molecule has 0 radical (unpaired) electrons. The minimum atomic E-state index is -0.439. The van der Waals surface area contributed by atoms with Crippen molar-refractivity contribution in [3.05, 3.63) is 56.9 Å². The summed E-state index contributed by atoms with van der Waals surface area (Å²) in [4.78, 5) is 0. The number of hydrogen-bond donors (Lipinski definition) is 0. The third kappa shape index (κ3) is 12.4. The molecule has 0 atom stereocenters. The summed E-state index contributed by atoms with van der Waals surface area (Å²) in [5, 5.41) is 28.5. The average Bonchev–Trinajstić information content (AvgIpc) is 3.09. The van der Waals surface area contributed by atoms with Crippen molar-refractivity contribution < 1.29 is 28.2 Å². The van der Waals surface area contributed by atoms with Crippen molar-refractivity contribution in [2.24, 2.45) is 0 Å². The zero-order valence-corrected chi connectivity index (χ0v) is 31.2. The number of methoxy groups -OCH3 is 2. The van der Waals surface area contributed by atoms with Crippen LogP contribution in [0.25, 0.3) is 0 Å². The summed E-state index contributed by atoms with van der Waals surface area (Å²) in [6.45, 7) is 11.4. The van der Waals surface area contributed by atoms with Gasteiger partial charge in [0.2, 0.25) is 0 Å². The van der Waals surface area contributed by atoms with Gasteiger partial charge in [0, 0.05) is 0 Å².